The largest absolute Gasteiger partial charge is 0.192 e. The number of hydrogen-bond acceptors (Lipinski definition) is 1. The highest BCUT2D eigenvalue weighted by Gasteiger charge is 2.07. The van der Waals surface area contributed by atoms with Crippen molar-refractivity contribution >= 4 is 34.8 Å². The van der Waals surface area contributed by atoms with Gasteiger partial charge in [-0.25, -0.2) is 0 Å². The fraction of sp³-hybridized carbons (Fsp3) is 0. The summed E-state index contributed by atoms with van der Waals surface area (Å²) in [7, 11) is 0. The summed E-state index contributed by atoms with van der Waals surface area (Å²) in [6.07, 6.45) is 0. The van der Waals surface area contributed by atoms with E-state index in [1.807, 2.05) is 0 Å². The van der Waals surface area contributed by atoms with E-state index < -0.39 is 0 Å². The van der Waals surface area contributed by atoms with Gasteiger partial charge in [-0.1, -0.05) is 48.0 Å². The van der Waals surface area contributed by atoms with Gasteiger partial charge in [-0.3, -0.25) is 0 Å². The molecular weight excluding hydrogens is 204 g/mol. The Hall–Kier alpha value is -0.420. The highest BCUT2D eigenvalue weighted by molar-refractivity contribution is 6.45. The lowest BCUT2D eigenvalue weighted by Crippen LogP contribution is -1.82. The van der Waals surface area contributed by atoms with Crippen LogP contribution in [0.5, 0.6) is 0 Å². The summed E-state index contributed by atoms with van der Waals surface area (Å²) in [5.41, 5.74) is 0.0494. The second-order valence-electron chi connectivity index (χ2n) is 1.61. The van der Waals surface area contributed by atoms with Crippen LogP contribution >= 0.6 is 34.8 Å². The number of hydrogen-bond donors (Lipinski definition) is 0. The van der Waals surface area contributed by atoms with Gasteiger partial charge in [0.2, 0.25) is 0 Å². The van der Waals surface area contributed by atoms with Crippen LogP contribution in [0, 0.1) is 11.3 Å². The van der Waals surface area contributed by atoms with Crippen LogP contribution in [0.3, 0.4) is 0 Å². The molecule has 4 heteroatoms. The second-order valence-corrected chi connectivity index (χ2v) is 2.90. The lowest BCUT2D eigenvalue weighted by Gasteiger charge is -1.97. The number of nitriles is 1. The lowest BCUT2D eigenvalue weighted by molar-refractivity contribution is 1.48. The van der Waals surface area contributed by atoms with E-state index in [0.29, 0.717) is 0 Å². The Labute approximate surface area is 80.2 Å². The molecule has 0 aliphatic carbocycles. The van der Waals surface area contributed by atoms with E-state index in [4.69, 9.17) is 40.1 Å². The van der Waals surface area contributed by atoms with Gasteiger partial charge in [0, 0.05) is 0 Å². The molecule has 0 amide bonds. The van der Waals surface area contributed by atoms with E-state index in [1.54, 1.807) is 6.07 Å². The van der Waals surface area contributed by atoms with Crippen molar-refractivity contribution in [3.8, 4) is 6.07 Å². The molecule has 0 radical (unpaired) electrons. The Bertz CT molecular complexity index is 270. The summed E-state index contributed by atoms with van der Waals surface area (Å²) in [5.74, 6) is 0. The maximum atomic E-state index is 8.48. The molecule has 0 aromatic carbocycles. The Morgan fingerprint density at radius 1 is 1.09 bits per heavy atom. The van der Waals surface area contributed by atoms with Gasteiger partial charge in [0.05, 0.1) is 20.7 Å². The highest BCUT2D eigenvalue weighted by atomic mass is 35.5. The summed E-state index contributed by atoms with van der Waals surface area (Å²) in [5, 5.41) is 8.64. The average molecular weight is 208 g/mol. The molecule has 0 rings (SSSR count). The summed E-state index contributed by atoms with van der Waals surface area (Å²) in [6.45, 7) is 6.66. The molecule has 0 saturated heterocycles. The van der Waals surface area contributed by atoms with Crippen LogP contribution in [0.15, 0.2) is 33.8 Å². The number of nitrogens with zero attached hydrogens (tertiary/aromatic N) is 1. The monoisotopic (exact) mass is 207 g/mol. The van der Waals surface area contributed by atoms with E-state index >= 15 is 0 Å². The minimum absolute atomic E-state index is 0.0363. The zero-order valence-electron chi connectivity index (χ0n) is 5.50. The maximum absolute atomic E-state index is 8.48. The van der Waals surface area contributed by atoms with Crippen LogP contribution in [0.25, 0.3) is 0 Å². The molecule has 0 aliphatic heterocycles. The van der Waals surface area contributed by atoms with E-state index in [1.165, 1.54) is 0 Å². The van der Waals surface area contributed by atoms with Gasteiger partial charge in [-0.15, -0.1) is 0 Å². The third kappa shape index (κ3) is 2.98. The molecule has 0 atom stereocenters. The number of rotatable bonds is 2. The third-order valence-corrected chi connectivity index (χ3v) is 1.73. The maximum Gasteiger partial charge on any atom is 0.102 e. The Balaban J connectivity index is 5.04. The van der Waals surface area contributed by atoms with Crippen LogP contribution in [0.4, 0.5) is 0 Å². The molecule has 0 N–H and O–H groups in total. The van der Waals surface area contributed by atoms with Crippen LogP contribution in [-0.2, 0) is 0 Å². The van der Waals surface area contributed by atoms with Gasteiger partial charge in [0.15, 0.2) is 0 Å². The first-order valence-electron chi connectivity index (χ1n) is 2.50. The normalized spacial score (nSPS) is 11.5. The molecule has 0 fully saturated rings. The summed E-state index contributed by atoms with van der Waals surface area (Å²) >= 11 is 16.4. The first-order valence-corrected chi connectivity index (χ1v) is 3.63. The van der Waals surface area contributed by atoms with Crippen molar-refractivity contribution in [2.24, 2.45) is 0 Å². The van der Waals surface area contributed by atoms with E-state index in [-0.39, 0.29) is 20.7 Å². The molecule has 0 unspecified atom stereocenters. The molecule has 11 heavy (non-hydrogen) atoms. The highest BCUT2D eigenvalue weighted by Crippen LogP contribution is 2.26. The molecular formula is C7H4Cl3N. The molecule has 1 nitrogen and oxygen atoms in total. The van der Waals surface area contributed by atoms with Crippen LogP contribution in [0.2, 0.25) is 0 Å². The standard InChI is InChI=1S/C7H4Cl3N/c1-4(8)6(3-11)7(10)5(2)9/h1-2H2. The zero-order valence-corrected chi connectivity index (χ0v) is 7.76. The van der Waals surface area contributed by atoms with Gasteiger partial charge < -0.3 is 0 Å². The van der Waals surface area contributed by atoms with Gasteiger partial charge >= 0.3 is 0 Å². The van der Waals surface area contributed by atoms with Gasteiger partial charge in [0.1, 0.15) is 6.07 Å². The number of allylic oxidation sites excluding steroid dienone is 4. The fourth-order valence-electron chi connectivity index (χ4n) is 0.364. The van der Waals surface area contributed by atoms with Gasteiger partial charge in [-0.2, -0.15) is 5.26 Å². The van der Waals surface area contributed by atoms with Crippen molar-refractivity contribution < 1.29 is 0 Å². The van der Waals surface area contributed by atoms with Crippen molar-refractivity contribution in [2.75, 3.05) is 0 Å². The van der Waals surface area contributed by atoms with E-state index in [0.717, 1.165) is 0 Å². The van der Waals surface area contributed by atoms with Crippen molar-refractivity contribution in [1.29, 1.82) is 5.26 Å². The molecule has 0 spiro atoms. The predicted octanol–water partition coefficient (Wildman–Crippen LogP) is 3.51. The topological polar surface area (TPSA) is 23.8 Å². The van der Waals surface area contributed by atoms with Gasteiger partial charge in [-0.05, 0) is 0 Å². The van der Waals surface area contributed by atoms with E-state index in [2.05, 4.69) is 13.2 Å². The molecule has 0 aromatic rings. The molecule has 0 heterocycles. The predicted molar refractivity (Wildman–Crippen MR) is 48.5 cm³/mol. The Morgan fingerprint density at radius 3 is 1.64 bits per heavy atom. The average Bonchev–Trinajstić information content (AvgIpc) is 1.88. The van der Waals surface area contributed by atoms with Crippen molar-refractivity contribution in [3.05, 3.63) is 33.8 Å². The van der Waals surface area contributed by atoms with Crippen molar-refractivity contribution in [1.82, 2.24) is 0 Å². The minimum atomic E-state index is 0.0363. The van der Waals surface area contributed by atoms with Crippen molar-refractivity contribution in [3.63, 3.8) is 0 Å². The fourth-order valence-corrected chi connectivity index (χ4v) is 0.800. The smallest absolute Gasteiger partial charge is 0.102 e. The van der Waals surface area contributed by atoms with Crippen LogP contribution in [0.1, 0.15) is 0 Å². The van der Waals surface area contributed by atoms with Crippen molar-refractivity contribution in [2.45, 2.75) is 0 Å². The third-order valence-electron chi connectivity index (χ3n) is 0.841. The molecule has 0 aliphatic rings. The SMILES string of the molecule is C=C(Cl)C(Cl)=C(C#N)C(=C)Cl. The number of halogens is 3. The Kier molecular flexibility index (Phi) is 4.29. The minimum Gasteiger partial charge on any atom is -0.192 e. The zero-order chi connectivity index (χ0) is 9.02. The molecule has 0 bridgehead atoms. The first kappa shape index (κ1) is 10.6. The molecule has 0 aromatic heterocycles. The van der Waals surface area contributed by atoms with Crippen LogP contribution < -0.4 is 0 Å². The molecule has 58 valence electrons. The van der Waals surface area contributed by atoms with Gasteiger partial charge in [0.25, 0.3) is 0 Å². The van der Waals surface area contributed by atoms with Crippen LogP contribution in [-0.4, -0.2) is 0 Å². The summed E-state index contributed by atoms with van der Waals surface area (Å²) in [6, 6.07) is 1.75. The first-order chi connectivity index (χ1) is 5.00. The van der Waals surface area contributed by atoms with E-state index in [9.17, 15) is 0 Å². The quantitative estimate of drug-likeness (QED) is 0.503. The Morgan fingerprint density at radius 2 is 1.55 bits per heavy atom. The molecule has 0 saturated carbocycles. The summed E-state index contributed by atoms with van der Waals surface area (Å²) in [4.78, 5) is 0. The second kappa shape index (κ2) is 4.46. The lowest BCUT2D eigenvalue weighted by atomic mass is 10.2. The summed E-state index contributed by atoms with van der Waals surface area (Å²) < 4.78 is 0.